The monoisotopic (exact) mass is 631 g/mol. The van der Waals surface area contributed by atoms with Crippen molar-refractivity contribution in [1.29, 1.82) is 0 Å². The molecular formula is C33H43F2N3O5S. The maximum atomic E-state index is 14.2. The van der Waals surface area contributed by atoms with E-state index in [0.717, 1.165) is 37.3 Å². The van der Waals surface area contributed by atoms with Crippen LogP contribution in [0, 0.1) is 23.0 Å². The molecule has 2 aromatic carbocycles. The number of allylic oxidation sites excluding steroid dienone is 2. The summed E-state index contributed by atoms with van der Waals surface area (Å²) >= 11 is 0. The summed E-state index contributed by atoms with van der Waals surface area (Å²) < 4.78 is 52.4. The van der Waals surface area contributed by atoms with Crippen LogP contribution in [0.15, 0.2) is 70.7 Å². The summed E-state index contributed by atoms with van der Waals surface area (Å²) in [6, 6.07) is 9.41. The zero-order valence-electron chi connectivity index (χ0n) is 25.8. The van der Waals surface area contributed by atoms with E-state index in [1.807, 2.05) is 13.8 Å². The van der Waals surface area contributed by atoms with Crippen molar-refractivity contribution in [2.45, 2.75) is 64.0 Å². The van der Waals surface area contributed by atoms with Crippen LogP contribution < -0.4 is 11.1 Å². The van der Waals surface area contributed by atoms with E-state index in [-0.39, 0.29) is 42.3 Å². The molecule has 0 bridgehead atoms. The lowest BCUT2D eigenvalue weighted by atomic mass is 9.63. The molecule has 0 fully saturated rings. The Morgan fingerprint density at radius 1 is 1.07 bits per heavy atom. The molecule has 0 radical (unpaired) electrons. The van der Waals surface area contributed by atoms with E-state index < -0.39 is 44.8 Å². The molecule has 3 atom stereocenters. The number of nitrogens with zero attached hydrogens (tertiary/aromatic N) is 1. The molecule has 0 aromatic heterocycles. The molecule has 1 aliphatic carbocycles. The molecule has 2 amide bonds. The molecule has 3 rings (SSSR count). The largest absolute Gasteiger partial charge is 0.391 e. The zero-order valence-corrected chi connectivity index (χ0v) is 26.6. The summed E-state index contributed by atoms with van der Waals surface area (Å²) in [4.78, 5) is 28.9. The number of sulfone groups is 1. The molecule has 2 aromatic rings. The van der Waals surface area contributed by atoms with Gasteiger partial charge in [-0.1, -0.05) is 43.7 Å². The maximum Gasteiger partial charge on any atom is 0.249 e. The average Bonchev–Trinajstić information content (AvgIpc) is 2.94. The number of aliphatic hydroxyl groups excluding tert-OH is 1. The summed E-state index contributed by atoms with van der Waals surface area (Å²) in [5, 5.41) is 14.7. The molecule has 0 saturated heterocycles. The van der Waals surface area contributed by atoms with Gasteiger partial charge >= 0.3 is 0 Å². The van der Waals surface area contributed by atoms with Gasteiger partial charge in [-0.15, -0.1) is 0 Å². The van der Waals surface area contributed by atoms with Crippen LogP contribution in [-0.4, -0.2) is 62.2 Å². The lowest BCUT2D eigenvalue weighted by molar-refractivity contribution is -0.132. The van der Waals surface area contributed by atoms with Gasteiger partial charge in [-0.3, -0.25) is 9.59 Å². The summed E-state index contributed by atoms with van der Waals surface area (Å²) in [6.45, 7) is 6.90. The number of carbonyl (C=O) groups excluding carboxylic acids is 2. The third kappa shape index (κ3) is 8.83. The van der Waals surface area contributed by atoms with E-state index in [9.17, 15) is 31.9 Å². The van der Waals surface area contributed by atoms with Crippen LogP contribution >= 0.6 is 0 Å². The fourth-order valence-corrected chi connectivity index (χ4v) is 6.64. The van der Waals surface area contributed by atoms with Crippen LogP contribution in [0.4, 0.5) is 8.78 Å². The lowest BCUT2D eigenvalue weighted by Crippen LogP contribution is -2.51. The first kappa shape index (κ1) is 35.1. The standard InChI is InChI=1S/C33H43F2N3O5S/c1-5-10-38(11-6-2)31(40)25-12-22(3)18-33(19-25,32(36)41)29(16-24-13-26(34)17-27(35)14-24)30(39)21-37-20-23-8-7-9-28(15-23)44(4,42)43/h7-9,12-15,17-18,29-30,37,39H,5-6,10-11,16,19-21H2,1-4H3,(H2,36,41)/t29-,30+,33?/m1/s1. The second kappa shape index (κ2) is 15.0. The maximum absolute atomic E-state index is 14.2. The van der Waals surface area contributed by atoms with E-state index >= 15 is 0 Å². The molecule has 11 heteroatoms. The van der Waals surface area contributed by atoms with Gasteiger partial charge in [-0.25, -0.2) is 17.2 Å². The van der Waals surface area contributed by atoms with Crippen molar-refractivity contribution in [3.05, 3.63) is 88.5 Å². The first-order valence-electron chi connectivity index (χ1n) is 14.8. The minimum Gasteiger partial charge on any atom is -0.391 e. The number of amides is 2. The summed E-state index contributed by atoms with van der Waals surface area (Å²) in [5.41, 5.74) is 6.39. The predicted octanol–water partition coefficient (Wildman–Crippen LogP) is 4.07. The Morgan fingerprint density at radius 3 is 2.27 bits per heavy atom. The SMILES string of the molecule is CCCN(CCC)C(=O)C1=CC(C)=CC(C(N)=O)([C@H](Cc2cc(F)cc(F)c2)[C@@H](O)CNCc2cccc(S(C)(=O)=O)c2)C1. The first-order valence-corrected chi connectivity index (χ1v) is 16.7. The number of rotatable bonds is 15. The van der Waals surface area contributed by atoms with E-state index in [2.05, 4.69) is 5.32 Å². The highest BCUT2D eigenvalue weighted by molar-refractivity contribution is 7.90. The van der Waals surface area contributed by atoms with Crippen LogP contribution in [0.5, 0.6) is 0 Å². The highest BCUT2D eigenvalue weighted by atomic mass is 32.2. The van der Waals surface area contributed by atoms with Crippen LogP contribution in [0.3, 0.4) is 0 Å². The molecule has 44 heavy (non-hydrogen) atoms. The number of primary amides is 1. The normalized spacial score (nSPS) is 18.2. The van der Waals surface area contributed by atoms with Gasteiger partial charge < -0.3 is 21.1 Å². The van der Waals surface area contributed by atoms with Crippen LogP contribution in [0.1, 0.15) is 51.2 Å². The van der Waals surface area contributed by atoms with Crippen molar-refractivity contribution in [2.75, 3.05) is 25.9 Å². The lowest BCUT2D eigenvalue weighted by Gasteiger charge is -2.42. The zero-order chi connectivity index (χ0) is 32.7. The molecule has 4 N–H and O–H groups in total. The van der Waals surface area contributed by atoms with Gasteiger partial charge in [0.2, 0.25) is 11.8 Å². The number of aliphatic hydroxyl groups is 1. The number of halogens is 2. The number of hydrogen-bond acceptors (Lipinski definition) is 6. The van der Waals surface area contributed by atoms with E-state index in [4.69, 9.17) is 5.73 Å². The third-order valence-electron chi connectivity index (χ3n) is 7.89. The highest BCUT2D eigenvalue weighted by Gasteiger charge is 2.48. The van der Waals surface area contributed by atoms with Crippen molar-refractivity contribution in [3.8, 4) is 0 Å². The molecule has 0 heterocycles. The quantitative estimate of drug-likeness (QED) is 0.272. The number of nitrogens with two attached hydrogens (primary N) is 1. The highest BCUT2D eigenvalue weighted by Crippen LogP contribution is 2.44. The van der Waals surface area contributed by atoms with Crippen molar-refractivity contribution in [2.24, 2.45) is 17.1 Å². The minimum atomic E-state index is -3.42. The minimum absolute atomic E-state index is 0.0573. The summed E-state index contributed by atoms with van der Waals surface area (Å²) in [6.07, 6.45) is 4.54. The van der Waals surface area contributed by atoms with Crippen LogP contribution in [0.25, 0.3) is 0 Å². The Labute approximate surface area is 258 Å². The molecular weight excluding hydrogens is 588 g/mol. The van der Waals surface area contributed by atoms with Gasteiger partial charge in [0, 0.05) is 50.0 Å². The second-order valence-electron chi connectivity index (χ2n) is 11.6. The molecule has 0 aliphatic heterocycles. The van der Waals surface area contributed by atoms with E-state index in [1.54, 1.807) is 36.1 Å². The van der Waals surface area contributed by atoms with Gasteiger partial charge in [-0.05, 0) is 68.0 Å². The second-order valence-corrected chi connectivity index (χ2v) is 13.7. The van der Waals surface area contributed by atoms with Crippen molar-refractivity contribution < 1.29 is 31.9 Å². The Hall–Kier alpha value is -3.41. The molecule has 0 spiro atoms. The Balaban J connectivity index is 1.98. The third-order valence-corrected chi connectivity index (χ3v) is 9.00. The van der Waals surface area contributed by atoms with E-state index in [0.29, 0.717) is 29.8 Å². The molecule has 0 saturated carbocycles. The number of nitrogens with one attached hydrogen (secondary N) is 1. The number of benzene rings is 2. The average molecular weight is 632 g/mol. The van der Waals surface area contributed by atoms with Crippen LogP contribution in [-0.2, 0) is 32.4 Å². The first-order chi connectivity index (χ1) is 20.7. The van der Waals surface area contributed by atoms with Crippen molar-refractivity contribution in [3.63, 3.8) is 0 Å². The molecule has 1 unspecified atom stereocenters. The van der Waals surface area contributed by atoms with Gasteiger partial charge in [0.05, 0.1) is 16.4 Å². The molecule has 1 aliphatic rings. The Morgan fingerprint density at radius 2 is 1.70 bits per heavy atom. The predicted molar refractivity (Wildman–Crippen MR) is 166 cm³/mol. The van der Waals surface area contributed by atoms with Crippen LogP contribution in [0.2, 0.25) is 0 Å². The van der Waals surface area contributed by atoms with Gasteiger partial charge in [0.25, 0.3) is 0 Å². The number of carbonyl (C=O) groups is 2. The fraction of sp³-hybridized carbons (Fsp3) is 0.455. The smallest absolute Gasteiger partial charge is 0.249 e. The summed E-state index contributed by atoms with van der Waals surface area (Å²) in [5.74, 6) is -3.57. The van der Waals surface area contributed by atoms with Crippen molar-refractivity contribution >= 4 is 21.7 Å². The fourth-order valence-electron chi connectivity index (χ4n) is 5.95. The van der Waals surface area contributed by atoms with Gasteiger partial charge in [0.1, 0.15) is 11.6 Å². The van der Waals surface area contributed by atoms with Crippen molar-refractivity contribution in [1.82, 2.24) is 10.2 Å². The number of hydrogen-bond donors (Lipinski definition) is 3. The van der Waals surface area contributed by atoms with Gasteiger partial charge in [-0.2, -0.15) is 0 Å². The van der Waals surface area contributed by atoms with Gasteiger partial charge in [0.15, 0.2) is 9.84 Å². The molecule has 8 nitrogen and oxygen atoms in total. The summed E-state index contributed by atoms with van der Waals surface area (Å²) in [7, 11) is -3.42. The topological polar surface area (TPSA) is 130 Å². The Kier molecular flexibility index (Phi) is 12.0. The Bertz CT molecular complexity index is 1500. The van der Waals surface area contributed by atoms with E-state index in [1.165, 1.54) is 12.1 Å². The molecule has 240 valence electrons.